The molecule has 0 bridgehead atoms. The first-order valence-electron chi connectivity index (χ1n) is 6.50. The van der Waals surface area contributed by atoms with Crippen molar-refractivity contribution in [1.82, 2.24) is 0 Å². The Balaban J connectivity index is 4.28. The molecule has 0 amide bonds. The summed E-state index contributed by atoms with van der Waals surface area (Å²) in [5, 5.41) is 0. The Hall–Kier alpha value is 0.137. The molecule has 0 aromatic heterocycles. The van der Waals surface area contributed by atoms with Gasteiger partial charge in [0.25, 0.3) is 0 Å². The Morgan fingerprint density at radius 1 is 1.06 bits per heavy atom. The van der Waals surface area contributed by atoms with E-state index in [1.807, 2.05) is 0 Å². The van der Waals surface area contributed by atoms with Gasteiger partial charge in [0.2, 0.25) is 0 Å². The highest BCUT2D eigenvalue weighted by atomic mass is 28.4. The van der Waals surface area contributed by atoms with E-state index < -0.39 is 8.56 Å². The average Bonchev–Trinajstić information content (AvgIpc) is 1.99. The molecule has 0 saturated carbocycles. The third-order valence-corrected chi connectivity index (χ3v) is 5.82. The second-order valence-corrected chi connectivity index (χ2v) is 9.33. The maximum atomic E-state index is 5.87. The maximum Gasteiger partial charge on any atom is 0.335 e. The molecule has 0 aromatic rings. The monoisotopic (exact) mass is 246 g/mol. The molecule has 16 heavy (non-hydrogen) atoms. The van der Waals surface area contributed by atoms with E-state index in [0.717, 1.165) is 19.3 Å². The van der Waals surface area contributed by atoms with Crippen LogP contribution in [-0.4, -0.2) is 21.8 Å². The molecule has 0 spiro atoms. The summed E-state index contributed by atoms with van der Waals surface area (Å²) in [6.45, 7) is 17.0. The second kappa shape index (κ2) is 6.77. The summed E-state index contributed by atoms with van der Waals surface area (Å²) in [5.41, 5.74) is 0.396. The minimum absolute atomic E-state index is 0.396. The van der Waals surface area contributed by atoms with Gasteiger partial charge >= 0.3 is 8.56 Å². The van der Waals surface area contributed by atoms with Gasteiger partial charge in [-0.1, -0.05) is 27.7 Å². The van der Waals surface area contributed by atoms with E-state index in [2.05, 4.69) is 48.1 Å². The molecule has 0 radical (unpaired) electrons. The quantitative estimate of drug-likeness (QED) is 0.627. The van der Waals surface area contributed by atoms with Crippen LogP contribution in [0.25, 0.3) is 0 Å². The van der Waals surface area contributed by atoms with Crippen molar-refractivity contribution < 1.29 is 8.85 Å². The lowest BCUT2D eigenvalue weighted by atomic mass is 9.86. The molecule has 3 heteroatoms. The van der Waals surface area contributed by atoms with E-state index in [9.17, 15) is 0 Å². The molecule has 0 heterocycles. The average molecular weight is 246 g/mol. The summed E-state index contributed by atoms with van der Waals surface area (Å²) in [5.74, 6) is 0.676. The molecule has 0 aliphatic carbocycles. The lowest BCUT2D eigenvalue weighted by molar-refractivity contribution is 0.180. The highest BCUT2D eigenvalue weighted by Gasteiger charge is 2.33. The van der Waals surface area contributed by atoms with Gasteiger partial charge in [0.1, 0.15) is 0 Å². The molecule has 0 rings (SSSR count). The highest BCUT2D eigenvalue weighted by Crippen LogP contribution is 2.30. The zero-order chi connectivity index (χ0) is 12.8. The van der Waals surface area contributed by atoms with Gasteiger partial charge in [-0.25, -0.2) is 0 Å². The van der Waals surface area contributed by atoms with Crippen molar-refractivity contribution >= 4 is 8.56 Å². The summed E-state index contributed by atoms with van der Waals surface area (Å²) in [4.78, 5) is 0. The minimum Gasteiger partial charge on any atom is -0.395 e. The van der Waals surface area contributed by atoms with Gasteiger partial charge < -0.3 is 8.85 Å². The Kier molecular flexibility index (Phi) is 6.83. The predicted octanol–water partition coefficient (Wildman–Crippen LogP) is 4.20. The third kappa shape index (κ3) is 7.42. The molecule has 0 N–H and O–H groups in total. The zero-order valence-electron chi connectivity index (χ0n) is 12.2. The molecule has 0 aliphatic rings. The summed E-state index contributed by atoms with van der Waals surface area (Å²) >= 11 is 0. The Bertz CT molecular complexity index is 181. The fourth-order valence-corrected chi connectivity index (χ4v) is 5.47. The molecule has 2 nitrogen and oxygen atoms in total. The third-order valence-electron chi connectivity index (χ3n) is 2.58. The summed E-state index contributed by atoms with van der Waals surface area (Å²) in [6.07, 6.45) is 1.23. The van der Waals surface area contributed by atoms with Crippen molar-refractivity contribution in [3.63, 3.8) is 0 Å². The molecule has 98 valence electrons. The minimum atomic E-state index is -1.91. The molecule has 1 unspecified atom stereocenters. The number of hydrogen-bond acceptors (Lipinski definition) is 2. The van der Waals surface area contributed by atoms with Gasteiger partial charge in [0.05, 0.1) is 0 Å². The SMILES string of the molecule is CCO[Si](C)(CC(C)CC(C)(C)C)OCC. The van der Waals surface area contributed by atoms with E-state index >= 15 is 0 Å². The van der Waals surface area contributed by atoms with Crippen LogP contribution >= 0.6 is 0 Å². The van der Waals surface area contributed by atoms with Gasteiger partial charge in [-0.2, -0.15) is 0 Å². The zero-order valence-corrected chi connectivity index (χ0v) is 13.2. The molecular formula is C13H30O2Si. The van der Waals surface area contributed by atoms with Crippen molar-refractivity contribution in [2.75, 3.05) is 13.2 Å². The predicted molar refractivity (Wildman–Crippen MR) is 72.9 cm³/mol. The van der Waals surface area contributed by atoms with Crippen LogP contribution in [0.4, 0.5) is 0 Å². The van der Waals surface area contributed by atoms with Gasteiger partial charge in [0, 0.05) is 13.2 Å². The van der Waals surface area contributed by atoms with Crippen LogP contribution in [0.2, 0.25) is 12.6 Å². The molecule has 1 atom stereocenters. The van der Waals surface area contributed by atoms with E-state index in [1.165, 1.54) is 6.42 Å². The van der Waals surface area contributed by atoms with Crippen LogP contribution in [0.1, 0.15) is 48.0 Å². The largest absolute Gasteiger partial charge is 0.395 e. The lowest BCUT2D eigenvalue weighted by Crippen LogP contribution is -2.40. The summed E-state index contributed by atoms with van der Waals surface area (Å²) in [7, 11) is -1.91. The van der Waals surface area contributed by atoms with Gasteiger partial charge in [-0.3, -0.25) is 0 Å². The topological polar surface area (TPSA) is 18.5 Å². The Morgan fingerprint density at radius 2 is 1.50 bits per heavy atom. The smallest absolute Gasteiger partial charge is 0.335 e. The van der Waals surface area contributed by atoms with Crippen molar-refractivity contribution in [1.29, 1.82) is 0 Å². The van der Waals surface area contributed by atoms with Crippen LogP contribution in [0.5, 0.6) is 0 Å². The molecule has 0 saturated heterocycles. The fourth-order valence-electron chi connectivity index (χ4n) is 2.52. The first kappa shape index (κ1) is 16.1. The lowest BCUT2D eigenvalue weighted by Gasteiger charge is -2.31. The van der Waals surface area contributed by atoms with E-state index in [1.54, 1.807) is 0 Å². The van der Waals surface area contributed by atoms with E-state index in [0.29, 0.717) is 11.3 Å². The normalized spacial score (nSPS) is 15.2. The van der Waals surface area contributed by atoms with Crippen LogP contribution in [0, 0.1) is 11.3 Å². The standard InChI is InChI=1S/C13H30O2Si/c1-8-14-16(7,15-9-2)11-12(3)10-13(4,5)6/h12H,8-11H2,1-7H3. The van der Waals surface area contributed by atoms with Crippen molar-refractivity contribution in [2.24, 2.45) is 11.3 Å². The summed E-state index contributed by atoms with van der Waals surface area (Å²) < 4.78 is 11.7. The second-order valence-electron chi connectivity index (χ2n) is 6.07. The molecule has 0 fully saturated rings. The van der Waals surface area contributed by atoms with Crippen molar-refractivity contribution in [3.8, 4) is 0 Å². The number of hydrogen-bond donors (Lipinski definition) is 0. The van der Waals surface area contributed by atoms with E-state index in [4.69, 9.17) is 8.85 Å². The summed E-state index contributed by atoms with van der Waals surface area (Å²) in [6, 6.07) is 1.10. The highest BCUT2D eigenvalue weighted by molar-refractivity contribution is 6.66. The Morgan fingerprint density at radius 3 is 1.81 bits per heavy atom. The van der Waals surface area contributed by atoms with Crippen LogP contribution < -0.4 is 0 Å². The fraction of sp³-hybridized carbons (Fsp3) is 1.00. The van der Waals surface area contributed by atoms with Gasteiger partial charge in [-0.15, -0.1) is 0 Å². The van der Waals surface area contributed by atoms with E-state index in [-0.39, 0.29) is 0 Å². The van der Waals surface area contributed by atoms with Crippen LogP contribution in [0.15, 0.2) is 0 Å². The van der Waals surface area contributed by atoms with Crippen LogP contribution in [0.3, 0.4) is 0 Å². The van der Waals surface area contributed by atoms with Gasteiger partial charge in [0.15, 0.2) is 0 Å². The first-order valence-corrected chi connectivity index (χ1v) is 9.02. The first-order chi connectivity index (χ1) is 7.22. The van der Waals surface area contributed by atoms with Crippen molar-refractivity contribution in [2.45, 2.75) is 60.6 Å². The maximum absolute atomic E-state index is 5.87. The van der Waals surface area contributed by atoms with Crippen molar-refractivity contribution in [3.05, 3.63) is 0 Å². The number of rotatable bonds is 7. The molecule has 0 aliphatic heterocycles. The Labute approximate surface area is 103 Å². The van der Waals surface area contributed by atoms with Gasteiger partial charge in [-0.05, 0) is 44.2 Å². The molecule has 0 aromatic carbocycles. The van der Waals surface area contributed by atoms with Crippen LogP contribution in [-0.2, 0) is 8.85 Å². The molecular weight excluding hydrogens is 216 g/mol.